The van der Waals surface area contributed by atoms with Crippen LogP contribution in [0, 0.1) is 25.5 Å². The number of aromatic nitrogens is 4. The molecule has 2 atom stereocenters. The molecular formula is C28H35F2N7O. The summed E-state index contributed by atoms with van der Waals surface area (Å²) in [6.45, 7) is 13.1. The maximum atomic E-state index is 14.3. The van der Waals surface area contributed by atoms with Gasteiger partial charge in [0.05, 0.1) is 18.8 Å². The van der Waals surface area contributed by atoms with Gasteiger partial charge in [-0.15, -0.1) is 0 Å². The van der Waals surface area contributed by atoms with E-state index in [9.17, 15) is 13.6 Å². The maximum absolute atomic E-state index is 14.3. The Morgan fingerprint density at radius 3 is 2.71 bits per heavy atom. The lowest BCUT2D eigenvalue weighted by Crippen LogP contribution is -2.59. The molecule has 5 rings (SSSR count). The quantitative estimate of drug-likeness (QED) is 0.535. The summed E-state index contributed by atoms with van der Waals surface area (Å²) in [5.74, 6) is 0.412. The van der Waals surface area contributed by atoms with Gasteiger partial charge in [0.25, 0.3) is 0 Å². The highest BCUT2D eigenvalue weighted by molar-refractivity contribution is 5.97. The summed E-state index contributed by atoms with van der Waals surface area (Å²) in [4.78, 5) is 26.9. The number of benzene rings is 1. The molecule has 8 nitrogen and oxygen atoms in total. The van der Waals surface area contributed by atoms with E-state index in [1.807, 2.05) is 29.5 Å². The van der Waals surface area contributed by atoms with Crippen LogP contribution in [0.25, 0.3) is 0 Å². The van der Waals surface area contributed by atoms with Crippen LogP contribution in [0.1, 0.15) is 49.2 Å². The summed E-state index contributed by atoms with van der Waals surface area (Å²) in [7, 11) is 0. The van der Waals surface area contributed by atoms with Crippen LogP contribution < -0.4 is 10.2 Å². The average Bonchev–Trinajstić information content (AvgIpc) is 3.31. The highest BCUT2D eigenvalue weighted by Crippen LogP contribution is 2.40. The van der Waals surface area contributed by atoms with Crippen LogP contribution in [-0.2, 0) is 23.2 Å². The number of amides is 1. The van der Waals surface area contributed by atoms with E-state index >= 15 is 0 Å². The molecule has 1 N–H and O–H groups in total. The highest BCUT2D eigenvalue weighted by atomic mass is 19.1. The lowest BCUT2D eigenvalue weighted by Gasteiger charge is -2.39. The normalized spacial score (nSPS) is 21.1. The van der Waals surface area contributed by atoms with Crippen LogP contribution in [0.3, 0.4) is 0 Å². The molecule has 3 aromatic rings. The number of pyridine rings is 1. The van der Waals surface area contributed by atoms with E-state index in [-0.39, 0.29) is 36.4 Å². The van der Waals surface area contributed by atoms with Crippen molar-refractivity contribution in [2.24, 2.45) is 0 Å². The molecule has 0 unspecified atom stereocenters. The van der Waals surface area contributed by atoms with E-state index in [1.54, 1.807) is 6.20 Å². The van der Waals surface area contributed by atoms with Crippen molar-refractivity contribution in [1.82, 2.24) is 30.0 Å². The van der Waals surface area contributed by atoms with Gasteiger partial charge in [-0.25, -0.2) is 18.4 Å². The molecule has 1 aromatic carbocycles. The zero-order valence-electron chi connectivity index (χ0n) is 22.6. The lowest BCUT2D eigenvalue weighted by atomic mass is 9.88. The maximum Gasteiger partial charge on any atom is 0.241 e. The third kappa shape index (κ3) is 5.33. The van der Waals surface area contributed by atoms with Crippen molar-refractivity contribution in [3.05, 3.63) is 70.6 Å². The zero-order chi connectivity index (χ0) is 27.2. The number of hydrogen-bond donors (Lipinski definition) is 1. The Kier molecular flexibility index (Phi) is 7.04. The van der Waals surface area contributed by atoms with Gasteiger partial charge in [0, 0.05) is 67.1 Å². The van der Waals surface area contributed by atoms with E-state index < -0.39 is 11.6 Å². The highest BCUT2D eigenvalue weighted by Gasteiger charge is 2.40. The van der Waals surface area contributed by atoms with E-state index in [4.69, 9.17) is 0 Å². The molecule has 2 aliphatic rings. The molecule has 1 saturated heterocycles. The minimum Gasteiger partial charge on any atom is -0.311 e. The number of hydrogen-bond acceptors (Lipinski definition) is 6. The Morgan fingerprint density at radius 1 is 1.21 bits per heavy atom. The fraction of sp³-hybridized carbons (Fsp3) is 0.500. The molecule has 0 spiro atoms. The van der Waals surface area contributed by atoms with Crippen molar-refractivity contribution >= 4 is 11.6 Å². The summed E-state index contributed by atoms with van der Waals surface area (Å²) in [5.41, 5.74) is 2.55. The van der Waals surface area contributed by atoms with Crippen molar-refractivity contribution in [3.8, 4) is 0 Å². The Balaban J connectivity index is 1.37. The summed E-state index contributed by atoms with van der Waals surface area (Å²) in [6, 6.07) is 5.81. The minimum atomic E-state index is -0.610. The zero-order valence-corrected chi connectivity index (χ0v) is 22.6. The lowest BCUT2D eigenvalue weighted by molar-refractivity contribution is -0.120. The molecule has 4 heterocycles. The van der Waals surface area contributed by atoms with Crippen molar-refractivity contribution in [3.63, 3.8) is 0 Å². The van der Waals surface area contributed by atoms with Gasteiger partial charge in [0.15, 0.2) is 0 Å². The second kappa shape index (κ2) is 10.1. The number of nitrogens with zero attached hydrogens (tertiary/aromatic N) is 6. The summed E-state index contributed by atoms with van der Waals surface area (Å²) >= 11 is 0. The van der Waals surface area contributed by atoms with Gasteiger partial charge in [-0.3, -0.25) is 14.7 Å². The molecular weight excluding hydrogens is 488 g/mol. The molecule has 2 aliphatic heterocycles. The molecule has 0 bridgehead atoms. The summed E-state index contributed by atoms with van der Waals surface area (Å²) in [6.07, 6.45) is 2.01. The van der Waals surface area contributed by atoms with Crippen molar-refractivity contribution in [2.45, 2.75) is 65.1 Å². The Bertz CT molecular complexity index is 1350. The number of fused-ring (bicyclic) bond motifs is 1. The number of rotatable bonds is 6. The van der Waals surface area contributed by atoms with Crippen LogP contribution in [-0.4, -0.2) is 68.8 Å². The minimum absolute atomic E-state index is 0.0209. The Hall–Kier alpha value is -3.24. The van der Waals surface area contributed by atoms with Crippen LogP contribution in [0.2, 0.25) is 0 Å². The van der Waals surface area contributed by atoms with Gasteiger partial charge >= 0.3 is 0 Å². The van der Waals surface area contributed by atoms with Gasteiger partial charge in [-0.1, -0.05) is 19.9 Å². The molecule has 38 heavy (non-hydrogen) atoms. The van der Waals surface area contributed by atoms with Crippen molar-refractivity contribution in [1.29, 1.82) is 0 Å². The van der Waals surface area contributed by atoms with Crippen LogP contribution in [0.4, 0.5) is 14.5 Å². The molecule has 2 aromatic heterocycles. The third-order valence-corrected chi connectivity index (χ3v) is 7.61. The number of carbonyl (C=O) groups is 1. The van der Waals surface area contributed by atoms with Crippen molar-refractivity contribution < 1.29 is 13.6 Å². The van der Waals surface area contributed by atoms with E-state index in [1.165, 1.54) is 12.1 Å². The van der Waals surface area contributed by atoms with Gasteiger partial charge in [0.1, 0.15) is 23.3 Å². The number of nitrogens with one attached hydrogen (secondary N) is 1. The van der Waals surface area contributed by atoms with Crippen LogP contribution >= 0.6 is 0 Å². The predicted molar refractivity (Wildman–Crippen MR) is 141 cm³/mol. The second-order valence-electron chi connectivity index (χ2n) is 11.2. The topological polar surface area (TPSA) is 79.2 Å². The molecule has 0 aliphatic carbocycles. The fourth-order valence-corrected chi connectivity index (χ4v) is 5.57. The third-order valence-electron chi connectivity index (χ3n) is 7.61. The first-order valence-electron chi connectivity index (χ1n) is 13.1. The monoisotopic (exact) mass is 523 g/mol. The molecule has 10 heteroatoms. The molecule has 0 radical (unpaired) electrons. The first kappa shape index (κ1) is 26.4. The van der Waals surface area contributed by atoms with Crippen LogP contribution in [0.5, 0.6) is 0 Å². The second-order valence-corrected chi connectivity index (χ2v) is 11.2. The van der Waals surface area contributed by atoms with E-state index in [0.29, 0.717) is 24.3 Å². The van der Waals surface area contributed by atoms with Gasteiger partial charge < -0.3 is 10.2 Å². The average molecular weight is 524 g/mol. The summed E-state index contributed by atoms with van der Waals surface area (Å²) in [5, 5.41) is 8.05. The van der Waals surface area contributed by atoms with E-state index in [2.05, 4.69) is 46.1 Å². The van der Waals surface area contributed by atoms with Gasteiger partial charge in [-0.05, 0) is 38.5 Å². The van der Waals surface area contributed by atoms with Gasteiger partial charge in [-0.2, -0.15) is 5.10 Å². The summed E-state index contributed by atoms with van der Waals surface area (Å²) < 4.78 is 29.6. The predicted octanol–water partition coefficient (Wildman–Crippen LogP) is 3.15. The smallest absolute Gasteiger partial charge is 0.241 e. The molecule has 1 amide bonds. The van der Waals surface area contributed by atoms with Gasteiger partial charge in [0.2, 0.25) is 5.91 Å². The number of carbonyl (C=O) groups excluding carboxylic acids is 1. The number of anilines is 1. The first-order valence-corrected chi connectivity index (χ1v) is 13.1. The molecule has 202 valence electrons. The fourth-order valence-electron chi connectivity index (χ4n) is 5.57. The van der Waals surface area contributed by atoms with E-state index in [0.717, 1.165) is 42.1 Å². The van der Waals surface area contributed by atoms with Crippen molar-refractivity contribution in [2.75, 3.05) is 31.1 Å². The number of aryl methyl sites for hydroxylation is 2. The molecule has 0 saturated carbocycles. The van der Waals surface area contributed by atoms with Crippen LogP contribution in [0.15, 0.2) is 30.5 Å². The molecule has 1 fully saturated rings. The SMILES string of the molecule is Cc1nc(C)n(C[C@H]2CN[C@H](C)CN2CC(=O)N2CC(C)(C)c3cnc(Cc4ccc(F)cc4F)cc32)n1. The standard InChI is InChI=1S/C28H35F2N7O/c1-17-13-35(23(11-31-17)14-37-19(3)33-18(2)34-37)15-27(38)36-16-28(4,5)24-12-32-22(10-26(24)36)8-20-6-7-21(29)9-25(20)30/h6-7,9-10,12,17,23,31H,8,11,13-16H2,1-5H3/t17-,23-/m1/s1. The Labute approximate surface area is 222 Å². The number of halogens is 2. The first-order chi connectivity index (χ1) is 18.0. The number of piperazine rings is 1. The largest absolute Gasteiger partial charge is 0.311 e. The Morgan fingerprint density at radius 2 is 2.00 bits per heavy atom.